The zero-order valence-electron chi connectivity index (χ0n) is 8.76. The molecule has 1 aliphatic heterocycles. The molecule has 2 heteroatoms. The highest BCUT2D eigenvalue weighted by molar-refractivity contribution is 4.84. The highest BCUT2D eigenvalue weighted by Crippen LogP contribution is 2.24. The lowest BCUT2D eigenvalue weighted by molar-refractivity contribution is 0.146. The maximum Gasteiger partial charge on any atom is 0.0232 e. The van der Waals surface area contributed by atoms with E-state index in [1.165, 1.54) is 51.6 Å². The van der Waals surface area contributed by atoms with Gasteiger partial charge in [-0.05, 0) is 32.9 Å². The molecule has 76 valence electrons. The minimum atomic E-state index is 0.822. The SMILES string of the molecule is CN(C1CCCCC1)[C@H]1CCNC1. The summed E-state index contributed by atoms with van der Waals surface area (Å²) in [6, 6.07) is 1.71. The zero-order valence-corrected chi connectivity index (χ0v) is 8.76. The Morgan fingerprint density at radius 1 is 1.00 bits per heavy atom. The van der Waals surface area contributed by atoms with Crippen molar-refractivity contribution >= 4 is 0 Å². The van der Waals surface area contributed by atoms with Crippen LogP contribution in [0.5, 0.6) is 0 Å². The summed E-state index contributed by atoms with van der Waals surface area (Å²) in [6.45, 7) is 2.44. The van der Waals surface area contributed by atoms with E-state index in [0.717, 1.165) is 12.1 Å². The highest BCUT2D eigenvalue weighted by Gasteiger charge is 2.26. The first-order chi connectivity index (χ1) is 6.38. The molecule has 0 amide bonds. The summed E-state index contributed by atoms with van der Waals surface area (Å²) in [5.41, 5.74) is 0. The minimum absolute atomic E-state index is 0.822. The molecule has 2 nitrogen and oxygen atoms in total. The van der Waals surface area contributed by atoms with E-state index in [1.807, 2.05) is 0 Å². The van der Waals surface area contributed by atoms with Crippen molar-refractivity contribution in [3.05, 3.63) is 0 Å². The molecule has 0 spiro atoms. The van der Waals surface area contributed by atoms with Gasteiger partial charge in [0.2, 0.25) is 0 Å². The van der Waals surface area contributed by atoms with Gasteiger partial charge in [-0.2, -0.15) is 0 Å². The van der Waals surface area contributed by atoms with Crippen molar-refractivity contribution in [3.8, 4) is 0 Å². The fraction of sp³-hybridized carbons (Fsp3) is 1.00. The lowest BCUT2D eigenvalue weighted by Crippen LogP contribution is -2.42. The molecule has 1 N–H and O–H groups in total. The van der Waals surface area contributed by atoms with Gasteiger partial charge in [0.05, 0.1) is 0 Å². The molecular weight excluding hydrogens is 160 g/mol. The largest absolute Gasteiger partial charge is 0.315 e. The highest BCUT2D eigenvalue weighted by atomic mass is 15.2. The Hall–Kier alpha value is -0.0800. The van der Waals surface area contributed by atoms with Crippen molar-refractivity contribution in [2.75, 3.05) is 20.1 Å². The van der Waals surface area contributed by atoms with E-state index >= 15 is 0 Å². The first-order valence-corrected chi connectivity index (χ1v) is 5.80. The van der Waals surface area contributed by atoms with Crippen LogP contribution in [0.25, 0.3) is 0 Å². The molecule has 1 saturated heterocycles. The quantitative estimate of drug-likeness (QED) is 0.698. The number of nitrogens with zero attached hydrogens (tertiary/aromatic N) is 1. The molecule has 0 radical (unpaired) electrons. The molecule has 1 aliphatic carbocycles. The molecular formula is C11H22N2. The molecule has 0 aromatic rings. The van der Waals surface area contributed by atoms with Crippen molar-refractivity contribution in [3.63, 3.8) is 0 Å². The summed E-state index contributed by atoms with van der Waals surface area (Å²) in [5.74, 6) is 0. The maximum absolute atomic E-state index is 3.45. The second-order valence-electron chi connectivity index (χ2n) is 4.60. The number of hydrogen-bond acceptors (Lipinski definition) is 2. The number of hydrogen-bond donors (Lipinski definition) is 1. The fourth-order valence-corrected chi connectivity index (χ4v) is 2.77. The van der Waals surface area contributed by atoms with Crippen LogP contribution in [0.1, 0.15) is 38.5 Å². The van der Waals surface area contributed by atoms with Crippen LogP contribution in [0, 0.1) is 0 Å². The molecule has 0 bridgehead atoms. The third-order valence-corrected chi connectivity index (χ3v) is 3.76. The normalized spacial score (nSPS) is 31.4. The van der Waals surface area contributed by atoms with Crippen LogP contribution >= 0.6 is 0 Å². The van der Waals surface area contributed by atoms with Gasteiger partial charge in [0.25, 0.3) is 0 Å². The van der Waals surface area contributed by atoms with Gasteiger partial charge in [0.15, 0.2) is 0 Å². The van der Waals surface area contributed by atoms with Crippen LogP contribution in [0.4, 0.5) is 0 Å². The van der Waals surface area contributed by atoms with Gasteiger partial charge in [-0.25, -0.2) is 0 Å². The summed E-state index contributed by atoms with van der Waals surface area (Å²) < 4.78 is 0. The third-order valence-electron chi connectivity index (χ3n) is 3.76. The molecule has 0 aromatic carbocycles. The summed E-state index contributed by atoms with van der Waals surface area (Å²) in [6.07, 6.45) is 8.60. The van der Waals surface area contributed by atoms with Crippen LogP contribution in [-0.4, -0.2) is 37.1 Å². The van der Waals surface area contributed by atoms with E-state index in [9.17, 15) is 0 Å². The van der Waals surface area contributed by atoms with Gasteiger partial charge in [-0.15, -0.1) is 0 Å². The van der Waals surface area contributed by atoms with Crippen LogP contribution in [0.3, 0.4) is 0 Å². The fourth-order valence-electron chi connectivity index (χ4n) is 2.77. The minimum Gasteiger partial charge on any atom is -0.315 e. The molecule has 2 rings (SSSR count). The summed E-state index contributed by atoms with van der Waals surface area (Å²) >= 11 is 0. The van der Waals surface area contributed by atoms with Crippen molar-refractivity contribution in [1.29, 1.82) is 0 Å². The van der Waals surface area contributed by atoms with E-state index < -0.39 is 0 Å². The average molecular weight is 182 g/mol. The summed E-state index contributed by atoms with van der Waals surface area (Å²) in [7, 11) is 2.33. The Morgan fingerprint density at radius 2 is 1.77 bits per heavy atom. The van der Waals surface area contributed by atoms with Gasteiger partial charge in [-0.3, -0.25) is 4.90 Å². The molecule has 1 saturated carbocycles. The van der Waals surface area contributed by atoms with E-state index in [-0.39, 0.29) is 0 Å². The van der Waals surface area contributed by atoms with Gasteiger partial charge in [0.1, 0.15) is 0 Å². The van der Waals surface area contributed by atoms with E-state index in [2.05, 4.69) is 17.3 Å². The average Bonchev–Trinajstić information content (AvgIpc) is 2.71. The van der Waals surface area contributed by atoms with Crippen molar-refractivity contribution in [2.45, 2.75) is 50.6 Å². The van der Waals surface area contributed by atoms with Crippen LogP contribution in [0.2, 0.25) is 0 Å². The molecule has 2 aliphatic rings. The molecule has 13 heavy (non-hydrogen) atoms. The van der Waals surface area contributed by atoms with Crippen LogP contribution in [-0.2, 0) is 0 Å². The lowest BCUT2D eigenvalue weighted by Gasteiger charge is -2.35. The molecule has 0 aromatic heterocycles. The van der Waals surface area contributed by atoms with Crippen molar-refractivity contribution < 1.29 is 0 Å². The van der Waals surface area contributed by atoms with Gasteiger partial charge < -0.3 is 5.32 Å². The second kappa shape index (κ2) is 4.43. The molecule has 1 atom stereocenters. The number of nitrogens with one attached hydrogen (secondary N) is 1. The predicted octanol–water partition coefficient (Wildman–Crippen LogP) is 1.61. The molecule has 0 unspecified atom stereocenters. The third kappa shape index (κ3) is 2.23. The Morgan fingerprint density at radius 3 is 2.38 bits per heavy atom. The van der Waals surface area contributed by atoms with Crippen LogP contribution in [0.15, 0.2) is 0 Å². The number of likely N-dealkylation sites (N-methyl/N-ethyl adjacent to an activating group) is 1. The second-order valence-corrected chi connectivity index (χ2v) is 4.60. The first-order valence-electron chi connectivity index (χ1n) is 5.80. The zero-order chi connectivity index (χ0) is 9.10. The Kier molecular flexibility index (Phi) is 3.23. The Labute approximate surface area is 81.7 Å². The van der Waals surface area contributed by atoms with Crippen molar-refractivity contribution in [2.24, 2.45) is 0 Å². The van der Waals surface area contributed by atoms with Crippen molar-refractivity contribution in [1.82, 2.24) is 10.2 Å². The molecule has 1 heterocycles. The molecule has 2 fully saturated rings. The smallest absolute Gasteiger partial charge is 0.0232 e. The monoisotopic (exact) mass is 182 g/mol. The van der Waals surface area contributed by atoms with Gasteiger partial charge >= 0.3 is 0 Å². The van der Waals surface area contributed by atoms with Gasteiger partial charge in [0, 0.05) is 18.6 Å². The lowest BCUT2D eigenvalue weighted by atomic mass is 9.93. The van der Waals surface area contributed by atoms with E-state index in [4.69, 9.17) is 0 Å². The van der Waals surface area contributed by atoms with Gasteiger partial charge in [-0.1, -0.05) is 19.3 Å². The Balaban J connectivity index is 1.83. The number of rotatable bonds is 2. The summed E-state index contributed by atoms with van der Waals surface area (Å²) in [5, 5.41) is 3.45. The van der Waals surface area contributed by atoms with Crippen LogP contribution < -0.4 is 5.32 Å². The summed E-state index contributed by atoms with van der Waals surface area (Å²) in [4.78, 5) is 2.64. The Bertz CT molecular complexity index is 146. The standard InChI is InChI=1S/C11H22N2/c1-13(11-7-8-12-9-11)10-5-3-2-4-6-10/h10-12H,2-9H2,1H3/t11-/m0/s1. The van der Waals surface area contributed by atoms with E-state index in [1.54, 1.807) is 0 Å². The topological polar surface area (TPSA) is 15.3 Å². The predicted molar refractivity (Wildman–Crippen MR) is 55.9 cm³/mol. The first kappa shape index (κ1) is 9.47. The van der Waals surface area contributed by atoms with E-state index in [0.29, 0.717) is 0 Å². The maximum atomic E-state index is 3.45.